The molecular formula is C14H18N2O2. The molecule has 0 unspecified atom stereocenters. The summed E-state index contributed by atoms with van der Waals surface area (Å²) < 4.78 is 7.51. The van der Waals surface area contributed by atoms with Crippen LogP contribution in [0.2, 0.25) is 0 Å². The van der Waals surface area contributed by atoms with Crippen molar-refractivity contribution in [1.82, 2.24) is 9.78 Å². The molecule has 18 heavy (non-hydrogen) atoms. The van der Waals surface area contributed by atoms with Crippen LogP contribution in [-0.4, -0.2) is 14.9 Å². The first-order valence-corrected chi connectivity index (χ1v) is 5.95. The maximum atomic E-state index is 9.70. The molecule has 4 heteroatoms. The van der Waals surface area contributed by atoms with E-state index in [9.17, 15) is 5.11 Å². The van der Waals surface area contributed by atoms with Crippen molar-refractivity contribution in [1.29, 1.82) is 0 Å². The molecule has 0 fully saturated rings. The third-order valence-corrected chi connectivity index (χ3v) is 2.77. The minimum Gasteiger partial charge on any atom is -0.488 e. The maximum absolute atomic E-state index is 9.70. The first-order chi connectivity index (χ1) is 8.56. The van der Waals surface area contributed by atoms with Crippen molar-refractivity contribution < 1.29 is 9.84 Å². The van der Waals surface area contributed by atoms with Gasteiger partial charge in [0.2, 0.25) is 0 Å². The molecule has 2 rings (SSSR count). The summed E-state index contributed by atoms with van der Waals surface area (Å²) in [7, 11) is 1.87. The lowest BCUT2D eigenvalue weighted by Gasteiger charge is -2.13. The number of benzene rings is 1. The van der Waals surface area contributed by atoms with Crippen LogP contribution in [-0.2, 0) is 13.7 Å². The van der Waals surface area contributed by atoms with E-state index in [0.29, 0.717) is 6.61 Å². The molecule has 0 amide bonds. The van der Waals surface area contributed by atoms with E-state index in [1.807, 2.05) is 38.4 Å². The topological polar surface area (TPSA) is 47.3 Å². The molecule has 1 aromatic heterocycles. The fraction of sp³-hybridized carbons (Fsp3) is 0.357. The summed E-state index contributed by atoms with van der Waals surface area (Å²) in [4.78, 5) is 0. The van der Waals surface area contributed by atoms with Crippen molar-refractivity contribution in [2.75, 3.05) is 0 Å². The number of rotatable bonds is 4. The molecule has 0 spiro atoms. The second kappa shape index (κ2) is 5.23. The zero-order valence-electron chi connectivity index (χ0n) is 10.9. The number of aliphatic hydroxyl groups excluding tert-OH is 1. The molecule has 0 saturated heterocycles. The Balaban J connectivity index is 2.15. The van der Waals surface area contributed by atoms with Gasteiger partial charge in [-0.3, -0.25) is 4.68 Å². The van der Waals surface area contributed by atoms with Gasteiger partial charge in [-0.05, 0) is 25.5 Å². The van der Waals surface area contributed by atoms with E-state index in [0.717, 1.165) is 22.4 Å². The fourth-order valence-corrected chi connectivity index (χ4v) is 1.82. The third-order valence-electron chi connectivity index (χ3n) is 2.77. The zero-order chi connectivity index (χ0) is 13.1. The van der Waals surface area contributed by atoms with Gasteiger partial charge in [0.05, 0.1) is 12.3 Å². The number of hydrogen-bond acceptors (Lipinski definition) is 3. The minimum absolute atomic E-state index is 0.455. The summed E-state index contributed by atoms with van der Waals surface area (Å²) in [6, 6.07) is 5.82. The van der Waals surface area contributed by atoms with E-state index < -0.39 is 6.10 Å². The maximum Gasteiger partial charge on any atom is 0.125 e. The molecule has 1 atom stereocenters. The Bertz CT molecular complexity index is 532. The molecule has 0 saturated carbocycles. The number of hydrogen-bond donors (Lipinski definition) is 1. The van der Waals surface area contributed by atoms with E-state index in [-0.39, 0.29) is 0 Å². The first kappa shape index (κ1) is 12.6. The van der Waals surface area contributed by atoms with Gasteiger partial charge < -0.3 is 9.84 Å². The molecule has 1 heterocycles. The van der Waals surface area contributed by atoms with Gasteiger partial charge in [0.15, 0.2) is 0 Å². The van der Waals surface area contributed by atoms with E-state index in [2.05, 4.69) is 5.10 Å². The Labute approximate surface area is 107 Å². The monoisotopic (exact) mass is 246 g/mol. The first-order valence-electron chi connectivity index (χ1n) is 5.95. The van der Waals surface area contributed by atoms with Crippen LogP contribution >= 0.6 is 0 Å². The minimum atomic E-state index is -0.533. The lowest BCUT2D eigenvalue weighted by molar-refractivity contribution is 0.190. The Morgan fingerprint density at radius 1 is 1.44 bits per heavy atom. The second-order valence-electron chi connectivity index (χ2n) is 4.53. The molecule has 0 aliphatic rings. The smallest absolute Gasteiger partial charge is 0.125 e. The van der Waals surface area contributed by atoms with E-state index in [4.69, 9.17) is 4.74 Å². The van der Waals surface area contributed by atoms with Crippen LogP contribution in [0.5, 0.6) is 5.75 Å². The second-order valence-corrected chi connectivity index (χ2v) is 4.53. The molecule has 0 aliphatic heterocycles. The van der Waals surface area contributed by atoms with Crippen molar-refractivity contribution in [3.05, 3.63) is 47.3 Å². The molecule has 1 aromatic carbocycles. The van der Waals surface area contributed by atoms with Gasteiger partial charge in [-0.2, -0.15) is 5.10 Å². The lowest BCUT2D eigenvalue weighted by Crippen LogP contribution is -2.01. The van der Waals surface area contributed by atoms with E-state index >= 15 is 0 Å². The van der Waals surface area contributed by atoms with Crippen molar-refractivity contribution in [2.24, 2.45) is 7.05 Å². The molecule has 96 valence electrons. The van der Waals surface area contributed by atoms with Crippen molar-refractivity contribution in [2.45, 2.75) is 26.6 Å². The van der Waals surface area contributed by atoms with Gasteiger partial charge in [0.1, 0.15) is 12.4 Å². The highest BCUT2D eigenvalue weighted by atomic mass is 16.5. The Morgan fingerprint density at radius 3 is 2.83 bits per heavy atom. The highest BCUT2D eigenvalue weighted by molar-refractivity contribution is 5.38. The molecule has 4 nitrogen and oxygen atoms in total. The number of aromatic nitrogens is 2. The lowest BCUT2D eigenvalue weighted by atomic mass is 10.1. The van der Waals surface area contributed by atoms with Gasteiger partial charge in [-0.1, -0.05) is 12.1 Å². The number of ether oxygens (including phenoxy) is 1. The highest BCUT2D eigenvalue weighted by Gasteiger charge is 2.09. The molecule has 0 aliphatic carbocycles. The SMILES string of the molecule is Cc1ccc([C@H](C)O)c(OCc2cnn(C)c2)c1. The number of aliphatic hydroxyl groups is 1. The summed E-state index contributed by atoms with van der Waals surface area (Å²) in [6.07, 6.45) is 3.16. The van der Waals surface area contributed by atoms with Crippen LogP contribution in [0, 0.1) is 6.92 Å². The predicted molar refractivity (Wildman–Crippen MR) is 69.4 cm³/mol. The Kier molecular flexibility index (Phi) is 3.67. The van der Waals surface area contributed by atoms with Crippen molar-refractivity contribution >= 4 is 0 Å². The van der Waals surface area contributed by atoms with Crippen molar-refractivity contribution in [3.63, 3.8) is 0 Å². The molecule has 0 radical (unpaired) electrons. The Hall–Kier alpha value is -1.81. The average Bonchev–Trinajstić information content (AvgIpc) is 2.72. The van der Waals surface area contributed by atoms with Crippen LogP contribution in [0.1, 0.15) is 29.7 Å². The fourth-order valence-electron chi connectivity index (χ4n) is 1.82. The summed E-state index contributed by atoms with van der Waals surface area (Å²) in [5.74, 6) is 0.730. The van der Waals surface area contributed by atoms with Gasteiger partial charge in [0.25, 0.3) is 0 Å². The van der Waals surface area contributed by atoms with Crippen LogP contribution in [0.3, 0.4) is 0 Å². The van der Waals surface area contributed by atoms with Crippen LogP contribution in [0.25, 0.3) is 0 Å². The summed E-state index contributed by atoms with van der Waals surface area (Å²) in [6.45, 7) is 4.20. The molecule has 2 aromatic rings. The number of aryl methyl sites for hydroxylation is 2. The largest absolute Gasteiger partial charge is 0.488 e. The van der Waals surface area contributed by atoms with Crippen molar-refractivity contribution in [3.8, 4) is 5.75 Å². The summed E-state index contributed by atoms with van der Waals surface area (Å²) in [5, 5.41) is 13.8. The van der Waals surface area contributed by atoms with E-state index in [1.54, 1.807) is 17.8 Å². The molecular weight excluding hydrogens is 228 g/mol. The van der Waals surface area contributed by atoms with Gasteiger partial charge >= 0.3 is 0 Å². The molecule has 0 bridgehead atoms. The van der Waals surface area contributed by atoms with Gasteiger partial charge in [-0.15, -0.1) is 0 Å². The van der Waals surface area contributed by atoms with Crippen LogP contribution in [0.4, 0.5) is 0 Å². The third kappa shape index (κ3) is 2.90. The highest BCUT2D eigenvalue weighted by Crippen LogP contribution is 2.26. The standard InChI is InChI=1S/C14H18N2O2/c1-10-4-5-13(11(2)17)14(6-10)18-9-12-7-15-16(3)8-12/h4-8,11,17H,9H2,1-3H3/t11-/m0/s1. The Morgan fingerprint density at radius 2 is 2.22 bits per heavy atom. The van der Waals surface area contributed by atoms with Gasteiger partial charge in [-0.25, -0.2) is 0 Å². The van der Waals surface area contributed by atoms with Crippen LogP contribution in [0.15, 0.2) is 30.6 Å². The molecule has 1 N–H and O–H groups in total. The summed E-state index contributed by atoms with van der Waals surface area (Å²) in [5.41, 5.74) is 2.93. The van der Waals surface area contributed by atoms with E-state index in [1.165, 1.54) is 0 Å². The normalized spacial score (nSPS) is 12.4. The average molecular weight is 246 g/mol. The number of nitrogens with zero attached hydrogens (tertiary/aromatic N) is 2. The quantitative estimate of drug-likeness (QED) is 0.900. The predicted octanol–water partition coefficient (Wildman–Crippen LogP) is 2.36. The van der Waals surface area contributed by atoms with Gasteiger partial charge in [0, 0.05) is 24.4 Å². The zero-order valence-corrected chi connectivity index (χ0v) is 10.9. The summed E-state index contributed by atoms with van der Waals surface area (Å²) >= 11 is 0. The van der Waals surface area contributed by atoms with Crippen LogP contribution < -0.4 is 4.74 Å².